The number of carbonyl (C=O) groups is 1. The van der Waals surface area contributed by atoms with Gasteiger partial charge < -0.3 is 14.5 Å². The van der Waals surface area contributed by atoms with E-state index < -0.39 is 0 Å². The third-order valence-corrected chi connectivity index (χ3v) is 4.60. The maximum atomic E-state index is 12.3. The largest absolute Gasteiger partial charge is 0.495 e. The lowest BCUT2D eigenvalue weighted by Gasteiger charge is -2.10. The van der Waals surface area contributed by atoms with E-state index in [9.17, 15) is 4.79 Å². The van der Waals surface area contributed by atoms with Crippen molar-refractivity contribution < 1.29 is 13.9 Å². The van der Waals surface area contributed by atoms with Gasteiger partial charge >= 0.3 is 0 Å². The number of ether oxygens (including phenoxy) is 1. The number of hydrogen-bond acceptors (Lipinski definition) is 5. The molecule has 2 aromatic carbocycles. The number of nitrogens with one attached hydrogen (secondary N) is 1. The van der Waals surface area contributed by atoms with E-state index in [1.54, 1.807) is 25.3 Å². The molecule has 124 valence electrons. The van der Waals surface area contributed by atoms with Gasteiger partial charge in [-0.05, 0) is 41.8 Å². The number of carbonyl (C=O) groups excluding carboxylic acids is 1. The summed E-state index contributed by atoms with van der Waals surface area (Å²) in [6.45, 7) is 0. The maximum Gasteiger partial charge on any atom is 0.265 e. The van der Waals surface area contributed by atoms with Crippen molar-refractivity contribution in [1.82, 2.24) is 4.98 Å². The van der Waals surface area contributed by atoms with Gasteiger partial charge in [0.25, 0.3) is 5.91 Å². The van der Waals surface area contributed by atoms with Gasteiger partial charge in [0.1, 0.15) is 11.3 Å². The van der Waals surface area contributed by atoms with Crippen LogP contribution in [0.5, 0.6) is 5.75 Å². The zero-order chi connectivity index (χ0) is 17.2. The molecule has 25 heavy (non-hydrogen) atoms. The lowest BCUT2D eigenvalue weighted by molar-refractivity contribution is 0.103. The van der Waals surface area contributed by atoms with Gasteiger partial charge in [0.2, 0.25) is 5.89 Å². The summed E-state index contributed by atoms with van der Waals surface area (Å²) >= 11 is 1.38. The Kier molecular flexibility index (Phi) is 3.95. The Morgan fingerprint density at radius 3 is 2.80 bits per heavy atom. The molecule has 0 bridgehead atoms. The van der Waals surface area contributed by atoms with Crippen LogP contribution in [0.3, 0.4) is 0 Å². The minimum atomic E-state index is -0.178. The lowest BCUT2D eigenvalue weighted by Crippen LogP contribution is -2.11. The molecule has 0 saturated heterocycles. The Balaban J connectivity index is 1.71. The van der Waals surface area contributed by atoms with Crippen LogP contribution in [0, 0.1) is 0 Å². The summed E-state index contributed by atoms with van der Waals surface area (Å²) in [5.41, 5.74) is 2.84. The van der Waals surface area contributed by atoms with Crippen molar-refractivity contribution in [3.8, 4) is 17.2 Å². The molecular formula is C19H14N2O3S. The fourth-order valence-corrected chi connectivity index (χ4v) is 3.15. The molecule has 0 aliphatic carbocycles. The molecule has 0 fully saturated rings. The van der Waals surface area contributed by atoms with Gasteiger partial charge in [-0.2, -0.15) is 0 Å². The average molecular weight is 350 g/mol. The van der Waals surface area contributed by atoms with Crippen LogP contribution in [-0.4, -0.2) is 18.0 Å². The minimum Gasteiger partial charge on any atom is -0.495 e. The van der Waals surface area contributed by atoms with Gasteiger partial charge in [-0.15, -0.1) is 11.3 Å². The molecule has 4 aromatic rings. The van der Waals surface area contributed by atoms with Crippen molar-refractivity contribution in [3.63, 3.8) is 0 Å². The van der Waals surface area contributed by atoms with E-state index in [1.807, 2.05) is 41.8 Å². The van der Waals surface area contributed by atoms with Gasteiger partial charge in [-0.1, -0.05) is 18.2 Å². The summed E-state index contributed by atoms with van der Waals surface area (Å²) in [7, 11) is 1.56. The fourth-order valence-electron chi connectivity index (χ4n) is 2.53. The van der Waals surface area contributed by atoms with Gasteiger partial charge in [0.15, 0.2) is 5.58 Å². The third-order valence-electron chi connectivity index (χ3n) is 3.73. The van der Waals surface area contributed by atoms with E-state index in [0.29, 0.717) is 22.2 Å². The highest BCUT2D eigenvalue weighted by Gasteiger charge is 2.14. The molecule has 2 heterocycles. The van der Waals surface area contributed by atoms with Crippen LogP contribution in [0.2, 0.25) is 0 Å². The monoisotopic (exact) mass is 350 g/mol. The number of nitrogens with zero attached hydrogens (tertiary/aromatic N) is 1. The van der Waals surface area contributed by atoms with Crippen molar-refractivity contribution >= 4 is 34.0 Å². The lowest BCUT2D eigenvalue weighted by atomic mass is 10.2. The van der Waals surface area contributed by atoms with Crippen LogP contribution in [0.25, 0.3) is 22.6 Å². The number of aromatic nitrogens is 1. The summed E-state index contributed by atoms with van der Waals surface area (Å²) < 4.78 is 11.1. The number of anilines is 1. The van der Waals surface area contributed by atoms with Gasteiger partial charge in [-0.25, -0.2) is 4.98 Å². The molecule has 0 aliphatic heterocycles. The second kappa shape index (κ2) is 6.41. The van der Waals surface area contributed by atoms with Crippen molar-refractivity contribution in [3.05, 3.63) is 64.9 Å². The number of oxazole rings is 1. The Morgan fingerprint density at radius 2 is 2.04 bits per heavy atom. The van der Waals surface area contributed by atoms with Crippen LogP contribution in [0.1, 0.15) is 9.67 Å². The Hall–Kier alpha value is -3.12. The van der Waals surface area contributed by atoms with E-state index in [1.165, 1.54) is 11.3 Å². The predicted molar refractivity (Wildman–Crippen MR) is 98.3 cm³/mol. The maximum absolute atomic E-state index is 12.3. The molecule has 4 rings (SSSR count). The minimum absolute atomic E-state index is 0.178. The molecule has 1 amide bonds. The molecule has 1 N–H and O–H groups in total. The summed E-state index contributed by atoms with van der Waals surface area (Å²) in [6, 6.07) is 16.6. The van der Waals surface area contributed by atoms with Crippen LogP contribution in [0.15, 0.2) is 64.4 Å². The first-order valence-corrected chi connectivity index (χ1v) is 8.51. The number of fused-ring (bicyclic) bond motifs is 1. The number of benzene rings is 2. The van der Waals surface area contributed by atoms with E-state index in [2.05, 4.69) is 10.3 Å². The van der Waals surface area contributed by atoms with Crippen molar-refractivity contribution in [1.29, 1.82) is 0 Å². The smallest absolute Gasteiger partial charge is 0.265 e. The molecule has 0 spiro atoms. The highest BCUT2D eigenvalue weighted by molar-refractivity contribution is 7.12. The van der Waals surface area contributed by atoms with Crippen LogP contribution < -0.4 is 10.1 Å². The summed E-state index contributed by atoms with van der Waals surface area (Å²) in [5.74, 6) is 0.892. The Labute approximate surface area is 147 Å². The van der Waals surface area contributed by atoms with Crippen LogP contribution in [-0.2, 0) is 0 Å². The zero-order valence-corrected chi connectivity index (χ0v) is 14.2. The third kappa shape index (κ3) is 2.99. The number of thiophene rings is 1. The molecule has 0 unspecified atom stereocenters. The molecule has 5 nitrogen and oxygen atoms in total. The Bertz CT molecular complexity index is 1000. The first-order chi connectivity index (χ1) is 12.2. The first kappa shape index (κ1) is 15.4. The molecule has 0 saturated carbocycles. The van der Waals surface area contributed by atoms with Crippen LogP contribution in [0.4, 0.5) is 5.69 Å². The van der Waals surface area contributed by atoms with E-state index in [4.69, 9.17) is 9.15 Å². The highest BCUT2D eigenvalue weighted by Crippen LogP contribution is 2.32. The highest BCUT2D eigenvalue weighted by atomic mass is 32.1. The zero-order valence-electron chi connectivity index (χ0n) is 13.4. The number of rotatable bonds is 4. The molecule has 0 radical (unpaired) electrons. The van der Waals surface area contributed by atoms with Gasteiger partial charge in [0.05, 0.1) is 17.7 Å². The predicted octanol–water partition coefficient (Wildman–Crippen LogP) is 4.82. The second-order valence-corrected chi connectivity index (χ2v) is 6.28. The van der Waals surface area contributed by atoms with Crippen LogP contribution >= 0.6 is 11.3 Å². The quantitative estimate of drug-likeness (QED) is 0.573. The van der Waals surface area contributed by atoms with Crippen molar-refractivity contribution in [2.75, 3.05) is 12.4 Å². The van der Waals surface area contributed by atoms with Crippen molar-refractivity contribution in [2.24, 2.45) is 0 Å². The molecule has 6 heteroatoms. The topological polar surface area (TPSA) is 64.4 Å². The number of methoxy groups -OCH3 is 1. The van der Waals surface area contributed by atoms with Gasteiger partial charge in [0, 0.05) is 5.56 Å². The molecule has 0 aliphatic rings. The standard InChI is InChI=1S/C19H14N2O3S/c1-23-15-9-8-12(19-21-13-5-2-3-6-16(13)24-19)11-14(15)20-18(22)17-7-4-10-25-17/h2-11H,1H3,(H,20,22). The van der Waals surface area contributed by atoms with E-state index in [-0.39, 0.29) is 5.91 Å². The molecule has 2 aromatic heterocycles. The molecular weight excluding hydrogens is 336 g/mol. The second-order valence-electron chi connectivity index (χ2n) is 5.33. The summed E-state index contributed by atoms with van der Waals surface area (Å²) in [6.07, 6.45) is 0. The van der Waals surface area contributed by atoms with Gasteiger partial charge in [-0.3, -0.25) is 4.79 Å². The SMILES string of the molecule is COc1ccc(-c2nc3ccccc3o2)cc1NC(=O)c1cccs1. The molecule has 0 atom stereocenters. The summed E-state index contributed by atoms with van der Waals surface area (Å²) in [5, 5.41) is 4.75. The number of hydrogen-bond donors (Lipinski definition) is 1. The van der Waals surface area contributed by atoms with E-state index >= 15 is 0 Å². The first-order valence-electron chi connectivity index (χ1n) is 7.63. The average Bonchev–Trinajstić information content (AvgIpc) is 3.31. The van der Waals surface area contributed by atoms with Crippen molar-refractivity contribution in [2.45, 2.75) is 0 Å². The number of amides is 1. The number of para-hydroxylation sites is 2. The fraction of sp³-hybridized carbons (Fsp3) is 0.0526. The van der Waals surface area contributed by atoms with E-state index in [0.717, 1.165) is 16.7 Å². The summed E-state index contributed by atoms with van der Waals surface area (Å²) in [4.78, 5) is 17.5. The normalized spacial score (nSPS) is 10.8. The Morgan fingerprint density at radius 1 is 1.16 bits per heavy atom.